The third-order valence-corrected chi connectivity index (χ3v) is 2.00. The maximum Gasteiger partial charge on any atom is 0.432 e. The number of aromatic amines is 1. The van der Waals surface area contributed by atoms with Gasteiger partial charge >= 0.3 is 5.95 Å². The van der Waals surface area contributed by atoms with E-state index in [1.165, 1.54) is 6.20 Å². The fourth-order valence-electron chi connectivity index (χ4n) is 1.13. The molecule has 0 bridgehead atoms. The topological polar surface area (TPSA) is 122 Å². The molecule has 0 aliphatic carbocycles. The summed E-state index contributed by atoms with van der Waals surface area (Å²) in [4.78, 5) is 15.7. The summed E-state index contributed by atoms with van der Waals surface area (Å²) < 4.78 is 5.23. The van der Waals surface area contributed by atoms with E-state index < -0.39 is 17.1 Å². The normalized spacial score (nSPS) is 13.0. The predicted octanol–water partition coefficient (Wildman–Crippen LogP) is -0.251. The molecule has 0 aliphatic heterocycles. The van der Waals surface area contributed by atoms with Crippen LogP contribution in [0.4, 0.5) is 5.95 Å². The number of aliphatic hydroxyl groups excluding tert-OH is 2. The van der Waals surface area contributed by atoms with Crippen LogP contribution in [0.1, 0.15) is 18.7 Å². The maximum absolute atomic E-state index is 10.4. The monoisotopic (exact) mass is 231 g/mol. The third kappa shape index (κ3) is 2.99. The average molecular weight is 231 g/mol. The van der Waals surface area contributed by atoms with Gasteiger partial charge in [0.25, 0.3) is 0 Å². The van der Waals surface area contributed by atoms with Crippen LogP contribution in [0.5, 0.6) is 0 Å². The van der Waals surface area contributed by atoms with Crippen molar-refractivity contribution in [3.63, 3.8) is 0 Å². The molecule has 0 saturated heterocycles. The van der Waals surface area contributed by atoms with Gasteiger partial charge in [-0.1, -0.05) is 4.98 Å². The van der Waals surface area contributed by atoms with Gasteiger partial charge in [-0.15, -0.1) is 0 Å². The summed E-state index contributed by atoms with van der Waals surface area (Å²) in [6.45, 7) is 0.990. The highest BCUT2D eigenvalue weighted by molar-refractivity contribution is 5.12. The lowest BCUT2D eigenvalue weighted by Gasteiger charge is -2.16. The summed E-state index contributed by atoms with van der Waals surface area (Å²) in [5, 5.41) is 28.0. The molecule has 0 aliphatic rings. The van der Waals surface area contributed by atoms with Gasteiger partial charge in [0.05, 0.1) is 13.2 Å². The van der Waals surface area contributed by atoms with E-state index in [2.05, 4.69) is 9.97 Å². The van der Waals surface area contributed by atoms with Crippen LogP contribution in [0.15, 0.2) is 6.20 Å². The fourth-order valence-corrected chi connectivity index (χ4v) is 1.13. The zero-order valence-electron chi connectivity index (χ0n) is 8.66. The Bertz CT molecular complexity index is 349. The van der Waals surface area contributed by atoms with E-state index in [9.17, 15) is 10.1 Å². The van der Waals surface area contributed by atoms with Crippen LogP contribution in [-0.4, -0.2) is 44.4 Å². The van der Waals surface area contributed by atoms with Gasteiger partial charge in [0, 0.05) is 0 Å². The molecule has 1 aromatic heterocycles. The third-order valence-electron chi connectivity index (χ3n) is 2.00. The molecule has 0 spiro atoms. The smallest absolute Gasteiger partial charge is 0.394 e. The van der Waals surface area contributed by atoms with Crippen molar-refractivity contribution in [3.05, 3.63) is 22.0 Å². The molecule has 0 amide bonds. The van der Waals surface area contributed by atoms with Crippen molar-refractivity contribution in [1.29, 1.82) is 0 Å². The van der Waals surface area contributed by atoms with E-state index in [0.29, 0.717) is 5.69 Å². The first-order valence-corrected chi connectivity index (χ1v) is 4.65. The highest BCUT2D eigenvalue weighted by Gasteiger charge is 2.19. The summed E-state index contributed by atoms with van der Waals surface area (Å²) in [6.07, 6.45) is 0.0529. The summed E-state index contributed by atoms with van der Waals surface area (Å²) in [7, 11) is 0. The first-order valence-electron chi connectivity index (χ1n) is 4.65. The Morgan fingerprint density at radius 2 is 2.25 bits per heavy atom. The minimum absolute atomic E-state index is 0.322. The van der Waals surface area contributed by atoms with Crippen molar-refractivity contribution in [1.82, 2.24) is 9.97 Å². The van der Waals surface area contributed by atoms with Crippen LogP contribution in [0.3, 0.4) is 0 Å². The number of H-pyrrole nitrogens is 1. The number of hydrogen-bond donors (Lipinski definition) is 3. The molecule has 1 heterocycles. The van der Waals surface area contributed by atoms with Crippen LogP contribution >= 0.6 is 0 Å². The Labute approximate surface area is 91.0 Å². The first kappa shape index (κ1) is 12.6. The molecular weight excluding hydrogens is 218 g/mol. The quantitative estimate of drug-likeness (QED) is 0.458. The maximum atomic E-state index is 10.4. The van der Waals surface area contributed by atoms with Gasteiger partial charge in [-0.05, 0) is 11.8 Å². The number of nitro groups is 1. The van der Waals surface area contributed by atoms with Crippen molar-refractivity contribution >= 4 is 5.95 Å². The molecule has 3 N–H and O–H groups in total. The van der Waals surface area contributed by atoms with Gasteiger partial charge in [-0.2, -0.15) is 0 Å². The number of aromatic nitrogens is 2. The summed E-state index contributed by atoms with van der Waals surface area (Å²) >= 11 is 0. The lowest BCUT2D eigenvalue weighted by molar-refractivity contribution is -0.393. The first-order chi connectivity index (χ1) is 7.58. The highest BCUT2D eigenvalue weighted by Crippen LogP contribution is 2.18. The van der Waals surface area contributed by atoms with Crippen LogP contribution in [0, 0.1) is 10.1 Å². The SMILES string of the molecule is CC(OC(CO)CO)c1cnc([N+](=O)[O-])[nH]1. The molecule has 0 fully saturated rings. The number of rotatable bonds is 6. The molecule has 16 heavy (non-hydrogen) atoms. The molecule has 8 nitrogen and oxygen atoms in total. The van der Waals surface area contributed by atoms with E-state index in [4.69, 9.17) is 14.9 Å². The van der Waals surface area contributed by atoms with Crippen LogP contribution in [0.25, 0.3) is 0 Å². The zero-order valence-corrected chi connectivity index (χ0v) is 8.66. The second-order valence-corrected chi connectivity index (χ2v) is 3.18. The Balaban J connectivity index is 2.65. The largest absolute Gasteiger partial charge is 0.432 e. The Morgan fingerprint density at radius 1 is 1.62 bits per heavy atom. The fraction of sp³-hybridized carbons (Fsp3) is 0.625. The predicted molar refractivity (Wildman–Crippen MR) is 52.7 cm³/mol. The Hall–Kier alpha value is -1.51. The van der Waals surface area contributed by atoms with Crippen LogP contribution < -0.4 is 0 Å². The molecule has 1 unspecified atom stereocenters. The van der Waals surface area contributed by atoms with Crippen molar-refractivity contribution in [3.8, 4) is 0 Å². The van der Waals surface area contributed by atoms with Gasteiger partial charge in [0.15, 0.2) is 0 Å². The summed E-state index contributed by atoms with van der Waals surface area (Å²) in [5.41, 5.74) is 0.415. The number of hydrogen-bond acceptors (Lipinski definition) is 6. The molecule has 0 aromatic carbocycles. The van der Waals surface area contributed by atoms with Gasteiger partial charge in [0.1, 0.15) is 24.1 Å². The molecular formula is C8H13N3O5. The standard InChI is InChI=1S/C8H13N3O5/c1-5(16-6(3-12)4-13)7-2-9-8(10-7)11(14)15/h2,5-6,12-13H,3-4H2,1H3,(H,9,10). The number of nitrogens with zero attached hydrogens (tertiary/aromatic N) is 2. The molecule has 1 atom stereocenters. The average Bonchev–Trinajstić information content (AvgIpc) is 2.74. The number of ether oxygens (including phenoxy) is 1. The summed E-state index contributed by atoms with van der Waals surface area (Å²) in [5.74, 6) is -0.366. The molecule has 8 heteroatoms. The minimum atomic E-state index is -0.711. The minimum Gasteiger partial charge on any atom is -0.394 e. The Kier molecular flexibility index (Phi) is 4.35. The van der Waals surface area contributed by atoms with E-state index in [-0.39, 0.29) is 19.2 Å². The van der Waals surface area contributed by atoms with Crippen LogP contribution in [0.2, 0.25) is 0 Å². The molecule has 90 valence electrons. The van der Waals surface area contributed by atoms with E-state index in [1.807, 2.05) is 0 Å². The lowest BCUT2D eigenvalue weighted by Crippen LogP contribution is -2.23. The van der Waals surface area contributed by atoms with Crippen molar-refractivity contribution in [2.45, 2.75) is 19.1 Å². The zero-order chi connectivity index (χ0) is 12.1. The summed E-state index contributed by atoms with van der Waals surface area (Å²) in [6, 6.07) is 0. The van der Waals surface area contributed by atoms with Crippen molar-refractivity contribution < 1.29 is 19.9 Å². The number of imidazole rings is 1. The Morgan fingerprint density at radius 3 is 2.69 bits per heavy atom. The van der Waals surface area contributed by atoms with Crippen LogP contribution in [-0.2, 0) is 4.74 Å². The van der Waals surface area contributed by atoms with Gasteiger partial charge in [-0.3, -0.25) is 0 Å². The lowest BCUT2D eigenvalue weighted by atomic mass is 10.3. The van der Waals surface area contributed by atoms with E-state index >= 15 is 0 Å². The van der Waals surface area contributed by atoms with Gasteiger partial charge in [0.2, 0.25) is 0 Å². The van der Waals surface area contributed by atoms with Gasteiger partial charge < -0.3 is 25.1 Å². The highest BCUT2D eigenvalue weighted by atomic mass is 16.6. The van der Waals surface area contributed by atoms with E-state index in [1.54, 1.807) is 6.92 Å². The number of aliphatic hydroxyl groups is 2. The molecule has 1 aromatic rings. The molecule has 1 rings (SSSR count). The van der Waals surface area contributed by atoms with Gasteiger partial charge in [-0.25, -0.2) is 4.98 Å². The molecule has 0 saturated carbocycles. The van der Waals surface area contributed by atoms with Crippen molar-refractivity contribution in [2.24, 2.45) is 0 Å². The van der Waals surface area contributed by atoms with E-state index in [0.717, 1.165) is 0 Å². The number of nitrogens with one attached hydrogen (secondary N) is 1. The van der Waals surface area contributed by atoms with Crippen molar-refractivity contribution in [2.75, 3.05) is 13.2 Å². The molecule has 0 radical (unpaired) electrons. The second-order valence-electron chi connectivity index (χ2n) is 3.18. The second kappa shape index (κ2) is 5.54.